The molecule has 0 aliphatic carbocycles. The summed E-state index contributed by atoms with van der Waals surface area (Å²) in [6, 6.07) is 1.07. The quantitative estimate of drug-likeness (QED) is 0.720. The monoisotopic (exact) mass is 308 g/mol. The van der Waals surface area contributed by atoms with Crippen LogP contribution >= 0.6 is 0 Å². The molecule has 0 saturated carbocycles. The molecule has 0 aromatic heterocycles. The highest BCUT2D eigenvalue weighted by atomic mass is 32.2. The van der Waals surface area contributed by atoms with Gasteiger partial charge in [0.1, 0.15) is 10.7 Å². The fourth-order valence-electron chi connectivity index (χ4n) is 1.46. The van der Waals surface area contributed by atoms with Gasteiger partial charge in [0.25, 0.3) is 0 Å². The van der Waals surface area contributed by atoms with Crippen molar-refractivity contribution in [1.82, 2.24) is 0 Å². The first-order valence-electron chi connectivity index (χ1n) is 5.64. The standard InChI is InChI=1S/C11H14F2N2O4S/c12-7-5-8(13)11(9(6-7)20(15,17)18)19-4-2-1-3-10(14)16/h5-6H,1-4H2,(H2,14,16)(H2,15,17,18). The van der Waals surface area contributed by atoms with E-state index in [1.165, 1.54) is 0 Å². The maximum atomic E-state index is 13.5. The number of halogens is 2. The van der Waals surface area contributed by atoms with E-state index in [0.29, 0.717) is 25.0 Å². The average Bonchev–Trinajstić information content (AvgIpc) is 2.28. The van der Waals surface area contributed by atoms with E-state index < -0.39 is 38.2 Å². The summed E-state index contributed by atoms with van der Waals surface area (Å²) < 4.78 is 54.0. The fourth-order valence-corrected chi connectivity index (χ4v) is 2.16. The Bertz CT molecular complexity index is 605. The van der Waals surface area contributed by atoms with Gasteiger partial charge in [-0.15, -0.1) is 0 Å². The van der Waals surface area contributed by atoms with E-state index >= 15 is 0 Å². The third-order valence-electron chi connectivity index (χ3n) is 2.34. The summed E-state index contributed by atoms with van der Waals surface area (Å²) in [5.41, 5.74) is 4.93. The number of primary sulfonamides is 1. The van der Waals surface area contributed by atoms with E-state index in [-0.39, 0.29) is 13.0 Å². The van der Waals surface area contributed by atoms with Gasteiger partial charge in [0.15, 0.2) is 11.6 Å². The number of hydrogen-bond donors (Lipinski definition) is 2. The molecule has 1 aromatic carbocycles. The molecule has 6 nitrogen and oxygen atoms in total. The number of amides is 1. The topological polar surface area (TPSA) is 112 Å². The molecule has 1 amide bonds. The van der Waals surface area contributed by atoms with Crippen LogP contribution in [0.15, 0.2) is 17.0 Å². The molecule has 0 atom stereocenters. The van der Waals surface area contributed by atoms with Crippen LogP contribution in [0.1, 0.15) is 19.3 Å². The Balaban J connectivity index is 2.81. The molecule has 1 rings (SSSR count). The molecule has 1 aromatic rings. The van der Waals surface area contributed by atoms with Crippen LogP contribution in [0, 0.1) is 11.6 Å². The van der Waals surface area contributed by atoms with E-state index in [2.05, 4.69) is 0 Å². The van der Waals surface area contributed by atoms with Crippen LogP contribution in [0.3, 0.4) is 0 Å². The van der Waals surface area contributed by atoms with Gasteiger partial charge in [-0.1, -0.05) is 0 Å². The number of ether oxygens (including phenoxy) is 1. The number of carbonyl (C=O) groups is 1. The highest BCUT2D eigenvalue weighted by Gasteiger charge is 2.21. The average molecular weight is 308 g/mol. The van der Waals surface area contributed by atoms with Crippen LogP contribution in [-0.4, -0.2) is 20.9 Å². The van der Waals surface area contributed by atoms with Crippen molar-refractivity contribution in [1.29, 1.82) is 0 Å². The van der Waals surface area contributed by atoms with Gasteiger partial charge in [-0.3, -0.25) is 4.79 Å². The molecule has 0 spiro atoms. The third kappa shape index (κ3) is 4.74. The summed E-state index contributed by atoms with van der Waals surface area (Å²) in [6.45, 7) is -0.0572. The summed E-state index contributed by atoms with van der Waals surface area (Å²) >= 11 is 0. The fraction of sp³-hybridized carbons (Fsp3) is 0.364. The van der Waals surface area contributed by atoms with E-state index in [0.717, 1.165) is 0 Å². The summed E-state index contributed by atoms with van der Waals surface area (Å²) in [5, 5.41) is 4.86. The van der Waals surface area contributed by atoms with Crippen molar-refractivity contribution in [2.45, 2.75) is 24.2 Å². The first kappa shape index (κ1) is 16.3. The van der Waals surface area contributed by atoms with Crippen molar-refractivity contribution in [2.24, 2.45) is 10.9 Å². The minimum atomic E-state index is -4.31. The smallest absolute Gasteiger partial charge is 0.241 e. The zero-order valence-corrected chi connectivity index (χ0v) is 11.3. The Hall–Kier alpha value is -1.74. The van der Waals surface area contributed by atoms with Gasteiger partial charge in [0.2, 0.25) is 15.9 Å². The number of carbonyl (C=O) groups excluding carboxylic acids is 1. The number of nitrogens with two attached hydrogens (primary N) is 2. The van der Waals surface area contributed by atoms with Crippen molar-refractivity contribution < 1.29 is 26.7 Å². The Morgan fingerprint density at radius 2 is 1.90 bits per heavy atom. The first-order valence-corrected chi connectivity index (χ1v) is 7.19. The van der Waals surface area contributed by atoms with Gasteiger partial charge < -0.3 is 10.5 Å². The number of sulfonamides is 1. The first-order chi connectivity index (χ1) is 9.21. The molecule has 0 aliphatic heterocycles. The predicted molar refractivity (Wildman–Crippen MR) is 66.3 cm³/mol. The van der Waals surface area contributed by atoms with Gasteiger partial charge in [-0.05, 0) is 18.9 Å². The zero-order chi connectivity index (χ0) is 15.3. The third-order valence-corrected chi connectivity index (χ3v) is 3.26. The van der Waals surface area contributed by atoms with Gasteiger partial charge in [0, 0.05) is 12.5 Å². The summed E-state index contributed by atoms with van der Waals surface area (Å²) in [7, 11) is -4.31. The molecular formula is C11H14F2N2O4S. The van der Waals surface area contributed by atoms with Crippen LogP contribution in [0.25, 0.3) is 0 Å². The van der Waals surface area contributed by atoms with E-state index in [1.54, 1.807) is 0 Å². The second-order valence-electron chi connectivity index (χ2n) is 4.03. The minimum absolute atomic E-state index is 0.0572. The molecule has 0 unspecified atom stereocenters. The molecular weight excluding hydrogens is 294 g/mol. The van der Waals surface area contributed by atoms with Crippen molar-refractivity contribution in [3.63, 3.8) is 0 Å². The lowest BCUT2D eigenvalue weighted by Crippen LogP contribution is -2.16. The molecule has 0 aliphatic rings. The highest BCUT2D eigenvalue weighted by Crippen LogP contribution is 2.27. The van der Waals surface area contributed by atoms with Gasteiger partial charge in [-0.25, -0.2) is 22.3 Å². The van der Waals surface area contributed by atoms with E-state index in [1.807, 2.05) is 0 Å². The maximum absolute atomic E-state index is 13.5. The molecule has 112 valence electrons. The Morgan fingerprint density at radius 1 is 1.25 bits per heavy atom. The van der Waals surface area contributed by atoms with E-state index in [4.69, 9.17) is 15.6 Å². The van der Waals surface area contributed by atoms with Crippen molar-refractivity contribution >= 4 is 15.9 Å². The van der Waals surface area contributed by atoms with Gasteiger partial charge in [0.05, 0.1) is 6.61 Å². The second kappa shape index (κ2) is 6.62. The van der Waals surface area contributed by atoms with Crippen LogP contribution < -0.4 is 15.6 Å². The van der Waals surface area contributed by atoms with Crippen LogP contribution in [0.2, 0.25) is 0 Å². The molecule has 0 radical (unpaired) electrons. The van der Waals surface area contributed by atoms with E-state index in [9.17, 15) is 22.0 Å². The lowest BCUT2D eigenvalue weighted by Gasteiger charge is -2.11. The number of unbranched alkanes of at least 4 members (excludes halogenated alkanes) is 1. The number of benzene rings is 1. The summed E-state index contributed by atoms with van der Waals surface area (Å²) in [4.78, 5) is 9.73. The normalized spacial score (nSPS) is 11.3. The molecule has 0 heterocycles. The minimum Gasteiger partial charge on any atom is -0.489 e. The lowest BCUT2D eigenvalue weighted by molar-refractivity contribution is -0.118. The maximum Gasteiger partial charge on any atom is 0.241 e. The number of hydrogen-bond acceptors (Lipinski definition) is 4. The molecule has 0 bridgehead atoms. The zero-order valence-electron chi connectivity index (χ0n) is 10.4. The second-order valence-corrected chi connectivity index (χ2v) is 5.56. The van der Waals surface area contributed by atoms with Crippen LogP contribution in [-0.2, 0) is 14.8 Å². The van der Waals surface area contributed by atoms with Gasteiger partial charge in [-0.2, -0.15) is 0 Å². The largest absolute Gasteiger partial charge is 0.489 e. The van der Waals surface area contributed by atoms with Crippen molar-refractivity contribution in [3.8, 4) is 5.75 Å². The lowest BCUT2D eigenvalue weighted by atomic mass is 10.2. The Kier molecular flexibility index (Phi) is 5.40. The number of primary amides is 1. The molecule has 0 saturated heterocycles. The molecule has 4 N–H and O–H groups in total. The summed E-state index contributed by atoms with van der Waals surface area (Å²) in [6.07, 6.45) is 0.893. The predicted octanol–water partition coefficient (Wildman–Crippen LogP) is 0.647. The SMILES string of the molecule is NC(=O)CCCCOc1c(F)cc(F)cc1S(N)(=O)=O. The molecule has 20 heavy (non-hydrogen) atoms. The van der Waals surface area contributed by atoms with Crippen LogP contribution in [0.5, 0.6) is 5.75 Å². The van der Waals surface area contributed by atoms with Gasteiger partial charge >= 0.3 is 0 Å². The Morgan fingerprint density at radius 3 is 2.45 bits per heavy atom. The summed E-state index contributed by atoms with van der Waals surface area (Å²) in [5.74, 6) is -3.35. The van der Waals surface area contributed by atoms with Crippen molar-refractivity contribution in [2.75, 3.05) is 6.61 Å². The number of rotatable bonds is 7. The molecule has 9 heteroatoms. The highest BCUT2D eigenvalue weighted by molar-refractivity contribution is 7.89. The Labute approximate surface area is 114 Å². The van der Waals surface area contributed by atoms with Crippen LogP contribution in [0.4, 0.5) is 8.78 Å². The molecule has 0 fully saturated rings. The van der Waals surface area contributed by atoms with Crippen molar-refractivity contribution in [3.05, 3.63) is 23.8 Å².